The molecule has 0 bridgehead atoms. The van der Waals surface area contributed by atoms with Crippen LogP contribution in [-0.2, 0) is 9.53 Å². The van der Waals surface area contributed by atoms with Crippen molar-refractivity contribution in [3.63, 3.8) is 0 Å². The van der Waals surface area contributed by atoms with Gasteiger partial charge in [-0.15, -0.1) is 0 Å². The predicted molar refractivity (Wildman–Crippen MR) is 146 cm³/mol. The molecule has 0 heterocycles. The second-order valence-electron chi connectivity index (χ2n) is 15.1. The van der Waals surface area contributed by atoms with Crippen molar-refractivity contribution in [1.29, 1.82) is 0 Å². The van der Waals surface area contributed by atoms with Crippen molar-refractivity contribution in [2.75, 3.05) is 7.05 Å². The van der Waals surface area contributed by atoms with Crippen LogP contribution in [0.15, 0.2) is 11.6 Å². The molecule has 10 atom stereocenters. The molecule has 37 heavy (non-hydrogen) atoms. The lowest BCUT2D eigenvalue weighted by Gasteiger charge is -2.71. The van der Waals surface area contributed by atoms with Crippen molar-refractivity contribution in [3.8, 4) is 0 Å². The average molecular weight is 514 g/mol. The molecule has 5 nitrogen and oxygen atoms in total. The molecule has 0 saturated heterocycles. The quantitative estimate of drug-likeness (QED) is 0.376. The summed E-state index contributed by atoms with van der Waals surface area (Å²) in [6.07, 6.45) is 11.2. The molecule has 4 saturated carbocycles. The maximum atomic E-state index is 12.9. The van der Waals surface area contributed by atoms with Crippen LogP contribution < -0.4 is 5.32 Å². The number of ether oxygens (including phenoxy) is 1. The van der Waals surface area contributed by atoms with Crippen LogP contribution in [0.1, 0.15) is 106 Å². The molecule has 5 heteroatoms. The zero-order chi connectivity index (χ0) is 27.2. The first-order chi connectivity index (χ1) is 17.2. The predicted octanol–water partition coefficient (Wildman–Crippen LogP) is 7.45. The molecular formula is C32H51NO4. The third-order valence-corrected chi connectivity index (χ3v) is 13.8. The van der Waals surface area contributed by atoms with Crippen molar-refractivity contribution in [2.45, 2.75) is 112 Å². The second kappa shape index (κ2) is 8.49. The minimum Gasteiger partial charge on any atom is -0.481 e. The van der Waals surface area contributed by atoms with E-state index in [1.54, 1.807) is 7.05 Å². The summed E-state index contributed by atoms with van der Waals surface area (Å²) in [5, 5.41) is 13.2. The van der Waals surface area contributed by atoms with Gasteiger partial charge in [0.05, 0.1) is 5.41 Å². The monoisotopic (exact) mass is 513 g/mol. The van der Waals surface area contributed by atoms with Gasteiger partial charge in [-0.1, -0.05) is 60.1 Å². The summed E-state index contributed by atoms with van der Waals surface area (Å²) in [5.41, 5.74) is 1.20. The highest BCUT2D eigenvalue weighted by molar-refractivity contribution is 5.76. The van der Waals surface area contributed by atoms with Gasteiger partial charge in [-0.2, -0.15) is 0 Å². The largest absolute Gasteiger partial charge is 0.481 e. The maximum absolute atomic E-state index is 12.9. The Morgan fingerprint density at radius 3 is 2.30 bits per heavy atom. The van der Waals surface area contributed by atoms with Crippen LogP contribution in [0.5, 0.6) is 0 Å². The summed E-state index contributed by atoms with van der Waals surface area (Å²) >= 11 is 0. The number of hydrogen-bond acceptors (Lipinski definition) is 3. The van der Waals surface area contributed by atoms with Crippen molar-refractivity contribution < 1.29 is 19.4 Å². The minimum atomic E-state index is -0.585. The molecule has 5 aliphatic rings. The molecule has 3 unspecified atom stereocenters. The minimum absolute atomic E-state index is 0.0401. The Morgan fingerprint density at radius 2 is 1.65 bits per heavy atom. The van der Waals surface area contributed by atoms with Crippen LogP contribution in [0.25, 0.3) is 0 Å². The van der Waals surface area contributed by atoms with E-state index in [2.05, 4.69) is 59.9 Å². The van der Waals surface area contributed by atoms with E-state index in [0.29, 0.717) is 23.7 Å². The number of carbonyl (C=O) groups excluding carboxylic acids is 1. The van der Waals surface area contributed by atoms with Gasteiger partial charge in [-0.3, -0.25) is 4.79 Å². The Labute approximate surface area is 224 Å². The fraction of sp³-hybridized carbons (Fsp3) is 0.875. The first kappa shape index (κ1) is 27.1. The van der Waals surface area contributed by atoms with E-state index in [9.17, 15) is 14.7 Å². The number of amides is 1. The van der Waals surface area contributed by atoms with Crippen LogP contribution in [-0.4, -0.2) is 30.3 Å². The smallest absolute Gasteiger partial charge is 0.407 e. The van der Waals surface area contributed by atoms with Crippen LogP contribution in [0.2, 0.25) is 0 Å². The summed E-state index contributed by atoms with van der Waals surface area (Å²) in [7, 11) is 1.64. The summed E-state index contributed by atoms with van der Waals surface area (Å²) in [6, 6.07) is 0. The summed E-state index contributed by atoms with van der Waals surface area (Å²) in [6.45, 7) is 16.9. The molecule has 0 radical (unpaired) electrons. The number of carboxylic acid groups (broad SMARTS) is 1. The SMILES string of the molecule is CNC(=O)O[C@@H]1CC[C@@]2(C)C(CC[C@]3(C)C2CC=C2C4[C@@H](C)[C@H](C)CC[C@]4(C(=O)O)CC[C@]23C)C1(C)C. The van der Waals surface area contributed by atoms with E-state index in [4.69, 9.17) is 4.74 Å². The lowest BCUT2D eigenvalue weighted by molar-refractivity contribution is -0.206. The summed E-state index contributed by atoms with van der Waals surface area (Å²) in [4.78, 5) is 25.0. The van der Waals surface area contributed by atoms with Gasteiger partial charge in [0, 0.05) is 12.5 Å². The Bertz CT molecular complexity index is 1000. The summed E-state index contributed by atoms with van der Waals surface area (Å²) in [5.74, 6) is 1.62. The lowest BCUT2D eigenvalue weighted by Crippen LogP contribution is -2.65. The maximum Gasteiger partial charge on any atom is 0.407 e. The Hall–Kier alpha value is -1.52. The normalized spacial score (nSPS) is 50.3. The van der Waals surface area contributed by atoms with E-state index in [-0.39, 0.29) is 39.8 Å². The van der Waals surface area contributed by atoms with Gasteiger partial charge < -0.3 is 15.2 Å². The number of aliphatic carboxylic acids is 1. The van der Waals surface area contributed by atoms with E-state index in [1.807, 2.05) is 0 Å². The van der Waals surface area contributed by atoms with E-state index in [0.717, 1.165) is 51.4 Å². The number of alkyl carbamates (subject to hydrolysis) is 1. The van der Waals surface area contributed by atoms with Crippen molar-refractivity contribution in [2.24, 2.45) is 56.7 Å². The van der Waals surface area contributed by atoms with E-state index < -0.39 is 11.4 Å². The molecular weight excluding hydrogens is 462 g/mol. The average Bonchev–Trinajstić information content (AvgIpc) is 2.83. The van der Waals surface area contributed by atoms with Gasteiger partial charge in [0.15, 0.2) is 0 Å². The van der Waals surface area contributed by atoms with Crippen LogP contribution in [0, 0.1) is 56.7 Å². The highest BCUT2D eigenvalue weighted by atomic mass is 16.6. The standard InChI is InChI=1S/C32H51NO4/c1-19-11-16-32(26(34)35)18-17-30(6)21(25(32)20(19)2)9-10-23-29(5)14-13-24(37-27(36)33-8)28(3,4)22(29)12-15-31(23,30)7/h9,19-20,22-25H,10-18H2,1-8H3,(H,33,36)(H,34,35)/t19-,20+,22?,23?,24-,25?,29+,30-,31-,32+/m1/s1. The van der Waals surface area contributed by atoms with Crippen molar-refractivity contribution >= 4 is 12.1 Å². The Morgan fingerprint density at radius 1 is 0.946 bits per heavy atom. The number of fused-ring (bicyclic) bond motifs is 7. The first-order valence-electron chi connectivity index (χ1n) is 15.0. The van der Waals surface area contributed by atoms with Crippen LogP contribution in [0.3, 0.4) is 0 Å². The number of rotatable bonds is 2. The van der Waals surface area contributed by atoms with Gasteiger partial charge in [-0.25, -0.2) is 4.79 Å². The Kier molecular flexibility index (Phi) is 6.21. The molecule has 1 amide bonds. The number of allylic oxidation sites excluding steroid dienone is 2. The number of hydrogen-bond donors (Lipinski definition) is 2. The van der Waals surface area contributed by atoms with Gasteiger partial charge in [-0.05, 0) is 104 Å². The molecule has 4 fully saturated rings. The topological polar surface area (TPSA) is 75.6 Å². The molecule has 0 aromatic heterocycles. The van der Waals surface area contributed by atoms with E-state index >= 15 is 0 Å². The zero-order valence-corrected chi connectivity index (χ0v) is 24.6. The van der Waals surface area contributed by atoms with Gasteiger partial charge in [0.2, 0.25) is 0 Å². The number of nitrogens with one attached hydrogen (secondary N) is 1. The molecule has 0 spiro atoms. The fourth-order valence-electron chi connectivity index (χ4n) is 11.2. The highest BCUT2D eigenvalue weighted by Gasteiger charge is 2.69. The zero-order valence-electron chi connectivity index (χ0n) is 24.6. The molecule has 0 aliphatic heterocycles. The lowest BCUT2D eigenvalue weighted by atomic mass is 9.33. The molecule has 208 valence electrons. The fourth-order valence-corrected chi connectivity index (χ4v) is 11.2. The number of carboxylic acids is 1. The van der Waals surface area contributed by atoms with Crippen LogP contribution in [0.4, 0.5) is 4.79 Å². The molecule has 0 aromatic rings. The molecule has 5 rings (SSSR count). The molecule has 0 aromatic carbocycles. The van der Waals surface area contributed by atoms with E-state index in [1.165, 1.54) is 12.0 Å². The third kappa shape index (κ3) is 3.40. The van der Waals surface area contributed by atoms with Crippen LogP contribution >= 0.6 is 0 Å². The number of carbonyl (C=O) groups is 2. The second-order valence-corrected chi connectivity index (χ2v) is 15.1. The van der Waals surface area contributed by atoms with Gasteiger partial charge in [0.25, 0.3) is 0 Å². The first-order valence-corrected chi connectivity index (χ1v) is 15.0. The molecule has 2 N–H and O–H groups in total. The molecule has 5 aliphatic carbocycles. The Balaban J connectivity index is 1.54. The van der Waals surface area contributed by atoms with Gasteiger partial charge in [0.1, 0.15) is 6.10 Å². The van der Waals surface area contributed by atoms with Gasteiger partial charge >= 0.3 is 12.1 Å². The highest BCUT2D eigenvalue weighted by Crippen LogP contribution is 2.75. The summed E-state index contributed by atoms with van der Waals surface area (Å²) < 4.78 is 5.91. The van der Waals surface area contributed by atoms with Crippen molar-refractivity contribution in [1.82, 2.24) is 5.32 Å². The van der Waals surface area contributed by atoms with Crippen molar-refractivity contribution in [3.05, 3.63) is 11.6 Å². The third-order valence-electron chi connectivity index (χ3n) is 13.8.